The molecule has 0 spiro atoms. The maximum Gasteiger partial charge on any atom is 0.191 e. The van der Waals surface area contributed by atoms with Crippen LogP contribution >= 0.6 is 35.3 Å². The predicted molar refractivity (Wildman–Crippen MR) is 117 cm³/mol. The van der Waals surface area contributed by atoms with Crippen LogP contribution in [0.4, 0.5) is 4.39 Å². The number of nitrogens with one attached hydrogen (secondary N) is 2. The van der Waals surface area contributed by atoms with Crippen molar-refractivity contribution in [3.8, 4) is 0 Å². The van der Waals surface area contributed by atoms with Crippen molar-refractivity contribution in [1.82, 2.24) is 15.6 Å². The zero-order chi connectivity index (χ0) is 17.9. The summed E-state index contributed by atoms with van der Waals surface area (Å²) >= 11 is 1.69. The minimum Gasteiger partial charge on any atom is -0.356 e. The van der Waals surface area contributed by atoms with Crippen molar-refractivity contribution >= 4 is 41.3 Å². The highest BCUT2D eigenvalue weighted by Gasteiger charge is 2.45. The fraction of sp³-hybridized carbons (Fsp3) is 0.474. The van der Waals surface area contributed by atoms with Crippen LogP contribution in [-0.4, -0.2) is 24.5 Å². The third kappa shape index (κ3) is 4.94. The van der Waals surface area contributed by atoms with Crippen molar-refractivity contribution in [2.45, 2.75) is 44.6 Å². The van der Waals surface area contributed by atoms with Crippen LogP contribution in [0, 0.1) is 5.82 Å². The summed E-state index contributed by atoms with van der Waals surface area (Å²) in [5.41, 5.74) is 1.72. The summed E-state index contributed by atoms with van der Waals surface area (Å²) in [6.07, 6.45) is 2.00. The first-order chi connectivity index (χ1) is 12.0. The Labute approximate surface area is 175 Å². The van der Waals surface area contributed by atoms with E-state index in [4.69, 9.17) is 0 Å². The first-order valence-electron chi connectivity index (χ1n) is 8.68. The Morgan fingerprint density at radius 1 is 1.31 bits per heavy atom. The molecule has 0 unspecified atom stereocenters. The number of benzene rings is 1. The zero-order valence-corrected chi connectivity index (χ0v) is 18.5. The highest BCUT2D eigenvalue weighted by molar-refractivity contribution is 14.0. The largest absolute Gasteiger partial charge is 0.356 e. The van der Waals surface area contributed by atoms with Gasteiger partial charge in [-0.2, -0.15) is 0 Å². The van der Waals surface area contributed by atoms with E-state index >= 15 is 0 Å². The zero-order valence-electron chi connectivity index (χ0n) is 15.4. The topological polar surface area (TPSA) is 49.3 Å². The number of aromatic nitrogens is 1. The Balaban J connectivity index is 0.00000243. The van der Waals surface area contributed by atoms with Gasteiger partial charge in [0.05, 0.1) is 17.2 Å². The number of thiazole rings is 1. The molecule has 1 aromatic carbocycles. The fourth-order valence-corrected chi connectivity index (χ4v) is 3.74. The lowest BCUT2D eigenvalue weighted by Crippen LogP contribution is -2.41. The van der Waals surface area contributed by atoms with Gasteiger partial charge < -0.3 is 10.6 Å². The van der Waals surface area contributed by atoms with E-state index in [-0.39, 0.29) is 35.2 Å². The van der Waals surface area contributed by atoms with Crippen LogP contribution in [0.2, 0.25) is 0 Å². The molecule has 7 heteroatoms. The third-order valence-electron chi connectivity index (χ3n) is 4.62. The Hall–Kier alpha value is -1.22. The van der Waals surface area contributed by atoms with Gasteiger partial charge in [-0.1, -0.05) is 32.0 Å². The average molecular weight is 488 g/mol. The molecule has 4 nitrogen and oxygen atoms in total. The molecule has 1 aliphatic rings. The lowest BCUT2D eigenvalue weighted by molar-refractivity contribution is 0.559. The molecule has 142 valence electrons. The fourth-order valence-electron chi connectivity index (χ4n) is 2.90. The van der Waals surface area contributed by atoms with E-state index in [1.165, 1.54) is 6.07 Å². The Kier molecular flexibility index (Phi) is 7.40. The number of aliphatic imine (C=N–C) groups is 1. The van der Waals surface area contributed by atoms with Gasteiger partial charge in [0.15, 0.2) is 5.96 Å². The minimum absolute atomic E-state index is 0. The summed E-state index contributed by atoms with van der Waals surface area (Å²) in [6, 6.07) is 7.07. The Bertz CT molecular complexity index is 756. The normalized spacial score (nSPS) is 15.5. The van der Waals surface area contributed by atoms with Crippen LogP contribution < -0.4 is 10.6 Å². The van der Waals surface area contributed by atoms with E-state index in [0.717, 1.165) is 35.1 Å². The van der Waals surface area contributed by atoms with Crippen LogP contribution in [0.5, 0.6) is 0 Å². The maximum atomic E-state index is 14.1. The summed E-state index contributed by atoms with van der Waals surface area (Å²) in [4.78, 5) is 8.89. The monoisotopic (exact) mass is 488 g/mol. The standard InChI is InChI=1S/C19H25FN4S.HI/c1-13(2)17-24-14(11-25-17)10-22-18(21-3)23-12-19(8-9-19)15-6-4-5-7-16(15)20;/h4-7,11,13H,8-10,12H2,1-3H3,(H2,21,22,23);1H. The van der Waals surface area contributed by atoms with Crippen molar-refractivity contribution in [3.05, 3.63) is 51.7 Å². The lowest BCUT2D eigenvalue weighted by Gasteiger charge is -2.19. The van der Waals surface area contributed by atoms with Crippen LogP contribution in [0.15, 0.2) is 34.6 Å². The van der Waals surface area contributed by atoms with Gasteiger partial charge in [-0.05, 0) is 24.5 Å². The van der Waals surface area contributed by atoms with Crippen LogP contribution in [0.25, 0.3) is 0 Å². The van der Waals surface area contributed by atoms with Gasteiger partial charge in [-0.15, -0.1) is 35.3 Å². The van der Waals surface area contributed by atoms with Crippen LogP contribution in [-0.2, 0) is 12.0 Å². The summed E-state index contributed by atoms with van der Waals surface area (Å²) in [5.74, 6) is 1.06. The molecular weight excluding hydrogens is 462 g/mol. The first kappa shape index (κ1) is 21.1. The molecule has 26 heavy (non-hydrogen) atoms. The number of guanidine groups is 1. The van der Waals surface area contributed by atoms with E-state index in [9.17, 15) is 4.39 Å². The average Bonchev–Trinajstić information content (AvgIpc) is 3.23. The van der Waals surface area contributed by atoms with E-state index in [1.807, 2.05) is 12.1 Å². The molecule has 2 N–H and O–H groups in total. The molecule has 0 radical (unpaired) electrons. The van der Waals surface area contributed by atoms with Gasteiger partial charge in [-0.25, -0.2) is 9.37 Å². The van der Waals surface area contributed by atoms with Crippen LogP contribution in [0.1, 0.15) is 48.9 Å². The number of rotatable bonds is 6. The lowest BCUT2D eigenvalue weighted by atomic mass is 9.95. The molecule has 0 aliphatic heterocycles. The van der Waals surface area contributed by atoms with Gasteiger partial charge in [0, 0.05) is 30.3 Å². The molecule has 1 aromatic heterocycles. The molecular formula is C19H26FIN4S. The second-order valence-electron chi connectivity index (χ2n) is 6.87. The Morgan fingerprint density at radius 3 is 2.62 bits per heavy atom. The smallest absolute Gasteiger partial charge is 0.191 e. The first-order valence-corrected chi connectivity index (χ1v) is 9.56. The summed E-state index contributed by atoms with van der Waals surface area (Å²) in [7, 11) is 1.75. The molecule has 2 aromatic rings. The highest BCUT2D eigenvalue weighted by atomic mass is 127. The van der Waals surface area contributed by atoms with Crippen molar-refractivity contribution in [1.29, 1.82) is 0 Å². The molecule has 0 amide bonds. The van der Waals surface area contributed by atoms with Gasteiger partial charge in [0.25, 0.3) is 0 Å². The quantitative estimate of drug-likeness (QED) is 0.360. The van der Waals surface area contributed by atoms with Crippen molar-refractivity contribution < 1.29 is 4.39 Å². The van der Waals surface area contributed by atoms with Gasteiger partial charge in [0.1, 0.15) is 5.82 Å². The number of hydrogen-bond acceptors (Lipinski definition) is 3. The molecule has 1 aliphatic carbocycles. The van der Waals surface area contributed by atoms with Gasteiger partial charge in [0.2, 0.25) is 0 Å². The third-order valence-corrected chi connectivity index (χ3v) is 5.81. The Morgan fingerprint density at radius 2 is 2.04 bits per heavy atom. The van der Waals surface area contributed by atoms with Crippen molar-refractivity contribution in [3.63, 3.8) is 0 Å². The van der Waals surface area contributed by atoms with Crippen molar-refractivity contribution in [2.24, 2.45) is 4.99 Å². The maximum absolute atomic E-state index is 14.1. The van der Waals surface area contributed by atoms with Crippen LogP contribution in [0.3, 0.4) is 0 Å². The molecule has 1 heterocycles. The second kappa shape index (κ2) is 9.12. The molecule has 0 saturated heterocycles. The van der Waals surface area contributed by atoms with Crippen molar-refractivity contribution in [2.75, 3.05) is 13.6 Å². The minimum atomic E-state index is -0.117. The van der Waals surface area contributed by atoms with E-state index in [1.54, 1.807) is 24.5 Å². The predicted octanol–water partition coefficient (Wildman–Crippen LogP) is 4.42. The molecule has 1 saturated carbocycles. The number of halogens is 2. The second-order valence-corrected chi connectivity index (χ2v) is 7.76. The molecule has 0 atom stereocenters. The van der Waals surface area contributed by atoms with E-state index < -0.39 is 0 Å². The molecule has 3 rings (SSSR count). The number of hydrogen-bond donors (Lipinski definition) is 2. The molecule has 0 bridgehead atoms. The van der Waals surface area contributed by atoms with Gasteiger partial charge >= 0.3 is 0 Å². The summed E-state index contributed by atoms with van der Waals surface area (Å²) < 4.78 is 14.1. The highest BCUT2D eigenvalue weighted by Crippen LogP contribution is 2.48. The number of nitrogens with zero attached hydrogens (tertiary/aromatic N) is 2. The SMILES string of the molecule is CN=C(NCc1csc(C(C)C)n1)NCC1(c2ccccc2F)CC1.I. The summed E-state index contributed by atoms with van der Waals surface area (Å²) in [6.45, 7) is 5.61. The van der Waals surface area contributed by atoms with E-state index in [0.29, 0.717) is 19.0 Å². The summed E-state index contributed by atoms with van der Waals surface area (Å²) in [5, 5.41) is 9.87. The van der Waals surface area contributed by atoms with E-state index in [2.05, 4.69) is 39.8 Å². The van der Waals surface area contributed by atoms with Gasteiger partial charge in [-0.3, -0.25) is 4.99 Å². The molecule has 1 fully saturated rings.